The number of ether oxygens (including phenoxy) is 3. The van der Waals surface area contributed by atoms with Crippen molar-refractivity contribution in [3.05, 3.63) is 113 Å². The molecular formula is C34H39N3O5S. The summed E-state index contributed by atoms with van der Waals surface area (Å²) in [6.07, 6.45) is 8.85. The third-order valence-electron chi connectivity index (χ3n) is 6.79. The number of hydroxylamine groups is 1. The number of aryl methyl sites for hydroxylation is 1. The maximum absolute atomic E-state index is 12.8. The molecule has 2 unspecified atom stereocenters. The fourth-order valence-electron chi connectivity index (χ4n) is 4.27. The van der Waals surface area contributed by atoms with E-state index in [-0.39, 0.29) is 5.17 Å². The Morgan fingerprint density at radius 2 is 1.74 bits per heavy atom. The van der Waals surface area contributed by atoms with Gasteiger partial charge in [0, 0.05) is 35.5 Å². The summed E-state index contributed by atoms with van der Waals surface area (Å²) in [4.78, 5) is 4.82. The quantitative estimate of drug-likeness (QED) is 0.121. The van der Waals surface area contributed by atoms with Gasteiger partial charge in [0.05, 0.1) is 36.0 Å². The van der Waals surface area contributed by atoms with Crippen LogP contribution in [0.2, 0.25) is 0 Å². The number of unbranched alkanes of at least 4 members (excludes halogenated alkanes) is 1. The molecular weight excluding hydrogens is 562 g/mol. The minimum absolute atomic E-state index is 0.285. The standard InChI is InChI=1S/C34H39N3O5S/c1-4-5-20-41-21-22-42-32-11-6-27(7-12-32)28-8-15-34(40-3)29(23-28)17-19-37(38)36-31-9-13-33(14-10-31)43(39)25-30-24-35-18-16-26(30)2/h6-19,23-24,36-37H,4-5,20-22,25H2,1-3H3/b19-17+. The number of rotatable bonds is 16. The van der Waals surface area contributed by atoms with Gasteiger partial charge in [0.15, 0.2) is 0 Å². The Bertz CT molecular complexity index is 1490. The van der Waals surface area contributed by atoms with Gasteiger partial charge in [-0.3, -0.25) is 9.19 Å². The fourth-order valence-corrected chi connectivity index (χ4v) is 5.46. The van der Waals surface area contributed by atoms with Crippen LogP contribution >= 0.6 is 0 Å². The summed E-state index contributed by atoms with van der Waals surface area (Å²) in [6.45, 7) is 5.97. The minimum atomic E-state index is -1.21. The van der Waals surface area contributed by atoms with Crippen LogP contribution in [-0.2, 0) is 21.3 Å². The summed E-state index contributed by atoms with van der Waals surface area (Å²) in [6, 6.07) is 22.7. The van der Waals surface area contributed by atoms with Gasteiger partial charge in [-0.25, -0.2) is 10.6 Å². The first-order valence-corrected chi connectivity index (χ1v) is 15.6. The first-order chi connectivity index (χ1) is 21.0. The van der Waals surface area contributed by atoms with Crippen LogP contribution in [-0.4, -0.2) is 36.1 Å². The van der Waals surface area contributed by atoms with E-state index in [2.05, 4.69) is 17.3 Å². The summed E-state index contributed by atoms with van der Waals surface area (Å²) < 4.78 is 29.7. The minimum Gasteiger partial charge on any atom is -0.603 e. The zero-order chi connectivity index (χ0) is 30.4. The number of benzene rings is 3. The molecule has 8 nitrogen and oxygen atoms in total. The van der Waals surface area contributed by atoms with E-state index in [1.54, 1.807) is 49.8 Å². The lowest BCUT2D eigenvalue weighted by molar-refractivity contribution is -0.764. The summed E-state index contributed by atoms with van der Waals surface area (Å²) in [7, 11) is 0.389. The molecule has 226 valence electrons. The highest BCUT2D eigenvalue weighted by Gasteiger charge is 2.09. The molecule has 0 fully saturated rings. The van der Waals surface area contributed by atoms with Crippen molar-refractivity contribution in [2.75, 3.05) is 32.4 Å². The average Bonchev–Trinajstić information content (AvgIpc) is 3.03. The highest BCUT2D eigenvalue weighted by atomic mass is 32.2. The third kappa shape index (κ3) is 9.76. The van der Waals surface area contributed by atoms with Crippen molar-refractivity contribution in [3.63, 3.8) is 0 Å². The van der Waals surface area contributed by atoms with Crippen LogP contribution in [0.5, 0.6) is 11.5 Å². The van der Waals surface area contributed by atoms with E-state index in [0.717, 1.165) is 53.0 Å². The van der Waals surface area contributed by atoms with Gasteiger partial charge >= 0.3 is 0 Å². The van der Waals surface area contributed by atoms with Gasteiger partial charge < -0.3 is 19.4 Å². The van der Waals surface area contributed by atoms with E-state index in [1.165, 1.54) is 6.20 Å². The lowest BCUT2D eigenvalue weighted by atomic mass is 10.0. The summed E-state index contributed by atoms with van der Waals surface area (Å²) >= 11 is 0. The molecule has 1 aromatic heterocycles. The molecule has 9 heteroatoms. The highest BCUT2D eigenvalue weighted by molar-refractivity contribution is 7.84. The van der Waals surface area contributed by atoms with Crippen LogP contribution in [0.15, 0.2) is 96.3 Å². The van der Waals surface area contributed by atoms with Crippen LogP contribution in [0.4, 0.5) is 5.69 Å². The Morgan fingerprint density at radius 3 is 2.47 bits per heavy atom. The molecule has 0 aliphatic carbocycles. The second kappa shape index (κ2) is 16.6. The number of aromatic nitrogens is 1. The molecule has 0 spiro atoms. The summed E-state index contributed by atoms with van der Waals surface area (Å²) in [5.41, 5.74) is 8.26. The Hall–Kier alpha value is -4.02. The molecule has 4 rings (SSSR count). The van der Waals surface area contributed by atoms with E-state index >= 15 is 0 Å². The first kappa shape index (κ1) is 31.9. The van der Waals surface area contributed by atoms with Crippen molar-refractivity contribution in [3.8, 4) is 22.6 Å². The Balaban J connectivity index is 1.34. The zero-order valence-electron chi connectivity index (χ0n) is 24.9. The number of nitrogens with one attached hydrogen (secondary N) is 2. The molecule has 0 saturated carbocycles. The van der Waals surface area contributed by atoms with Crippen molar-refractivity contribution in [1.82, 2.24) is 4.98 Å². The Morgan fingerprint density at radius 1 is 0.977 bits per heavy atom. The second-order valence-electron chi connectivity index (χ2n) is 9.93. The van der Waals surface area contributed by atoms with Crippen LogP contribution in [0.1, 0.15) is 36.5 Å². The Kier molecular flexibility index (Phi) is 12.3. The molecule has 0 amide bonds. The molecule has 0 aliphatic rings. The van der Waals surface area contributed by atoms with Gasteiger partial charge in [-0.15, -0.1) is 0 Å². The normalized spacial score (nSPS) is 12.7. The van der Waals surface area contributed by atoms with Gasteiger partial charge in [-0.2, -0.15) is 0 Å². The number of methoxy groups -OCH3 is 1. The molecule has 4 aromatic rings. The van der Waals surface area contributed by atoms with Crippen molar-refractivity contribution in [2.45, 2.75) is 37.3 Å². The second-order valence-corrected chi connectivity index (χ2v) is 11.4. The summed E-state index contributed by atoms with van der Waals surface area (Å²) in [5, 5.41) is 12.4. The highest BCUT2D eigenvalue weighted by Crippen LogP contribution is 2.29. The van der Waals surface area contributed by atoms with Crippen molar-refractivity contribution in [1.29, 1.82) is 0 Å². The molecule has 2 N–H and O–H groups in total. The maximum atomic E-state index is 12.8. The molecule has 0 aliphatic heterocycles. The average molecular weight is 602 g/mol. The van der Waals surface area contributed by atoms with Gasteiger partial charge in [-0.1, -0.05) is 31.5 Å². The van der Waals surface area contributed by atoms with E-state index in [0.29, 0.717) is 35.3 Å². The molecule has 0 saturated heterocycles. The molecule has 2 atom stereocenters. The number of anilines is 1. The van der Waals surface area contributed by atoms with Gasteiger partial charge in [0.2, 0.25) is 0 Å². The number of hydrogen-bond donors (Lipinski definition) is 2. The number of pyridine rings is 1. The molecule has 0 bridgehead atoms. The van der Waals surface area contributed by atoms with E-state index in [1.807, 2.05) is 55.5 Å². The maximum Gasteiger partial charge on any atom is 0.126 e. The van der Waals surface area contributed by atoms with Crippen molar-refractivity contribution < 1.29 is 23.6 Å². The number of hydrogen-bond acceptors (Lipinski definition) is 7. The predicted octanol–water partition coefficient (Wildman–Crippen LogP) is 5.95. The zero-order valence-corrected chi connectivity index (χ0v) is 25.7. The van der Waals surface area contributed by atoms with Crippen molar-refractivity contribution in [2.24, 2.45) is 0 Å². The van der Waals surface area contributed by atoms with E-state index in [4.69, 9.17) is 14.2 Å². The SMILES string of the molecule is CCCCOCCOc1ccc(-c2ccc(OC)c(/C=C/[NH+]([O-])Nc3ccc(S(=O)Cc4cnccc4C)cc3)c2)cc1. The molecule has 43 heavy (non-hydrogen) atoms. The lowest BCUT2D eigenvalue weighted by Gasteiger charge is -2.19. The monoisotopic (exact) mass is 601 g/mol. The van der Waals surface area contributed by atoms with Crippen molar-refractivity contribution >= 4 is 22.6 Å². The topological polar surface area (TPSA) is 97.2 Å². The van der Waals surface area contributed by atoms with E-state index in [9.17, 15) is 9.42 Å². The van der Waals surface area contributed by atoms with Gasteiger partial charge in [0.25, 0.3) is 0 Å². The van der Waals surface area contributed by atoms with Crippen LogP contribution in [0, 0.1) is 12.1 Å². The lowest BCUT2D eigenvalue weighted by Crippen LogP contribution is -3.05. The molecule has 3 aromatic carbocycles. The molecule has 0 radical (unpaired) electrons. The Labute approximate surface area is 256 Å². The van der Waals surface area contributed by atoms with Gasteiger partial charge in [0.1, 0.15) is 24.3 Å². The summed E-state index contributed by atoms with van der Waals surface area (Å²) in [5.74, 6) is 1.84. The first-order valence-electron chi connectivity index (χ1n) is 14.3. The third-order valence-corrected chi connectivity index (χ3v) is 8.16. The van der Waals surface area contributed by atoms with Crippen LogP contribution < -0.4 is 20.1 Å². The predicted molar refractivity (Wildman–Crippen MR) is 172 cm³/mol. The number of quaternary nitrogens is 1. The largest absolute Gasteiger partial charge is 0.603 e. The smallest absolute Gasteiger partial charge is 0.126 e. The fraction of sp³-hybridized carbons (Fsp3) is 0.265. The van der Waals surface area contributed by atoms with E-state index < -0.39 is 10.8 Å². The molecule has 1 heterocycles. The van der Waals surface area contributed by atoms with Crippen LogP contribution in [0.3, 0.4) is 0 Å². The van der Waals surface area contributed by atoms with Crippen LogP contribution in [0.25, 0.3) is 17.2 Å². The number of nitrogens with zero attached hydrogens (tertiary/aromatic N) is 1. The van der Waals surface area contributed by atoms with Gasteiger partial charge in [-0.05, 0) is 90.2 Å².